The highest BCUT2D eigenvalue weighted by Crippen LogP contribution is 2.25. The van der Waals surface area contributed by atoms with E-state index in [-0.39, 0.29) is 23.4 Å². The SMILES string of the molecule is CC(NC(=O)C1CNc2ccccc2N1)C(C)(C)C. The topological polar surface area (TPSA) is 53.2 Å². The molecule has 4 heteroatoms. The number of amides is 1. The van der Waals surface area contributed by atoms with E-state index < -0.39 is 0 Å². The average Bonchev–Trinajstić information content (AvgIpc) is 2.37. The highest BCUT2D eigenvalue weighted by atomic mass is 16.2. The molecule has 1 aliphatic rings. The van der Waals surface area contributed by atoms with Crippen LogP contribution in [0.5, 0.6) is 0 Å². The Hall–Kier alpha value is -1.71. The maximum absolute atomic E-state index is 12.3. The van der Waals surface area contributed by atoms with Gasteiger partial charge in [-0.1, -0.05) is 32.9 Å². The van der Waals surface area contributed by atoms with Crippen LogP contribution in [-0.4, -0.2) is 24.5 Å². The summed E-state index contributed by atoms with van der Waals surface area (Å²) in [4.78, 5) is 12.3. The maximum atomic E-state index is 12.3. The van der Waals surface area contributed by atoms with Crippen molar-refractivity contribution in [3.8, 4) is 0 Å². The molecule has 0 saturated carbocycles. The number of hydrogen-bond donors (Lipinski definition) is 3. The van der Waals surface area contributed by atoms with Crippen molar-refractivity contribution in [2.75, 3.05) is 17.2 Å². The Morgan fingerprint density at radius 1 is 1.32 bits per heavy atom. The van der Waals surface area contributed by atoms with Gasteiger partial charge in [-0.25, -0.2) is 0 Å². The molecule has 0 saturated heterocycles. The standard InChI is InChI=1S/C15H23N3O/c1-10(15(2,3)4)17-14(19)13-9-16-11-7-5-6-8-12(11)18-13/h5-8,10,13,16,18H,9H2,1-4H3,(H,17,19). The third-order valence-corrected chi connectivity index (χ3v) is 3.73. The largest absolute Gasteiger partial charge is 0.381 e. The number of fused-ring (bicyclic) bond motifs is 1. The quantitative estimate of drug-likeness (QED) is 0.766. The van der Waals surface area contributed by atoms with Gasteiger partial charge in [0.1, 0.15) is 6.04 Å². The van der Waals surface area contributed by atoms with Gasteiger partial charge >= 0.3 is 0 Å². The minimum absolute atomic E-state index is 0.0458. The van der Waals surface area contributed by atoms with Crippen molar-refractivity contribution in [2.24, 2.45) is 5.41 Å². The summed E-state index contributed by atoms with van der Waals surface area (Å²) in [6, 6.07) is 7.85. The summed E-state index contributed by atoms with van der Waals surface area (Å²) in [7, 11) is 0. The van der Waals surface area contributed by atoms with Crippen molar-refractivity contribution in [3.05, 3.63) is 24.3 Å². The summed E-state index contributed by atoms with van der Waals surface area (Å²) >= 11 is 0. The second kappa shape index (κ2) is 5.11. The Morgan fingerprint density at radius 2 is 1.95 bits per heavy atom. The highest BCUT2D eigenvalue weighted by molar-refractivity contribution is 5.88. The molecular formula is C15H23N3O. The molecule has 3 N–H and O–H groups in total. The van der Waals surface area contributed by atoms with Crippen molar-refractivity contribution in [2.45, 2.75) is 39.8 Å². The fraction of sp³-hybridized carbons (Fsp3) is 0.533. The van der Waals surface area contributed by atoms with Crippen LogP contribution in [0.2, 0.25) is 0 Å². The number of anilines is 2. The molecule has 0 fully saturated rings. The van der Waals surface area contributed by atoms with Crippen LogP contribution >= 0.6 is 0 Å². The molecule has 104 valence electrons. The summed E-state index contributed by atoms with van der Waals surface area (Å²) in [5.74, 6) is 0.0458. The van der Waals surface area contributed by atoms with Gasteiger partial charge in [-0.15, -0.1) is 0 Å². The molecular weight excluding hydrogens is 238 g/mol. The van der Waals surface area contributed by atoms with Gasteiger partial charge in [-0.2, -0.15) is 0 Å². The lowest BCUT2D eigenvalue weighted by atomic mass is 9.88. The number of rotatable bonds is 2. The second-order valence-corrected chi connectivity index (χ2v) is 6.22. The smallest absolute Gasteiger partial charge is 0.244 e. The van der Waals surface area contributed by atoms with Gasteiger partial charge in [-0.05, 0) is 24.5 Å². The summed E-state index contributed by atoms with van der Waals surface area (Å²) in [6.07, 6.45) is 0. The van der Waals surface area contributed by atoms with Crippen molar-refractivity contribution in [3.63, 3.8) is 0 Å². The molecule has 1 aromatic carbocycles. The molecule has 2 unspecified atom stereocenters. The van der Waals surface area contributed by atoms with E-state index in [1.807, 2.05) is 31.2 Å². The van der Waals surface area contributed by atoms with Gasteiger partial charge in [0.15, 0.2) is 0 Å². The fourth-order valence-electron chi connectivity index (χ4n) is 1.90. The van der Waals surface area contributed by atoms with Crippen LogP contribution in [0.1, 0.15) is 27.7 Å². The van der Waals surface area contributed by atoms with Gasteiger partial charge in [0.2, 0.25) is 5.91 Å². The zero-order valence-corrected chi connectivity index (χ0v) is 12.1. The molecule has 2 rings (SSSR count). The molecule has 2 atom stereocenters. The molecule has 1 aromatic rings. The predicted octanol–water partition coefficient (Wildman–Crippen LogP) is 2.44. The first-order chi connectivity index (χ1) is 8.88. The minimum Gasteiger partial charge on any atom is -0.381 e. The first kappa shape index (κ1) is 13.7. The van der Waals surface area contributed by atoms with Gasteiger partial charge in [0.05, 0.1) is 11.4 Å². The summed E-state index contributed by atoms with van der Waals surface area (Å²) < 4.78 is 0. The number of benzene rings is 1. The molecule has 4 nitrogen and oxygen atoms in total. The van der Waals surface area contributed by atoms with Gasteiger partial charge < -0.3 is 16.0 Å². The van der Waals surface area contributed by atoms with Crippen LogP contribution in [-0.2, 0) is 4.79 Å². The highest BCUT2D eigenvalue weighted by Gasteiger charge is 2.27. The van der Waals surface area contributed by atoms with E-state index in [0.717, 1.165) is 11.4 Å². The Kier molecular flexibility index (Phi) is 3.69. The van der Waals surface area contributed by atoms with E-state index in [4.69, 9.17) is 0 Å². The Morgan fingerprint density at radius 3 is 2.58 bits per heavy atom. The van der Waals surface area contributed by atoms with Crippen LogP contribution in [0.4, 0.5) is 11.4 Å². The lowest BCUT2D eigenvalue weighted by Gasteiger charge is -2.32. The Labute approximate surface area is 115 Å². The lowest BCUT2D eigenvalue weighted by molar-refractivity contribution is -0.122. The summed E-state index contributed by atoms with van der Waals surface area (Å²) in [5, 5.41) is 9.64. The van der Waals surface area contributed by atoms with Crippen LogP contribution in [0.3, 0.4) is 0 Å². The number of hydrogen-bond acceptors (Lipinski definition) is 3. The van der Waals surface area contributed by atoms with E-state index in [9.17, 15) is 4.79 Å². The Balaban J connectivity index is 1.99. The molecule has 0 aromatic heterocycles. The van der Waals surface area contributed by atoms with E-state index in [2.05, 4.69) is 36.7 Å². The summed E-state index contributed by atoms with van der Waals surface area (Å²) in [6.45, 7) is 9.03. The number of para-hydroxylation sites is 2. The molecule has 1 aliphatic heterocycles. The molecule has 1 amide bonds. The summed E-state index contributed by atoms with van der Waals surface area (Å²) in [5.41, 5.74) is 2.10. The van der Waals surface area contributed by atoms with Gasteiger partial charge in [0, 0.05) is 12.6 Å². The van der Waals surface area contributed by atoms with Gasteiger partial charge in [0.25, 0.3) is 0 Å². The second-order valence-electron chi connectivity index (χ2n) is 6.22. The van der Waals surface area contributed by atoms with E-state index in [1.54, 1.807) is 0 Å². The van der Waals surface area contributed by atoms with E-state index in [1.165, 1.54) is 0 Å². The first-order valence-electron chi connectivity index (χ1n) is 6.78. The van der Waals surface area contributed by atoms with Crippen molar-refractivity contribution < 1.29 is 4.79 Å². The van der Waals surface area contributed by atoms with Gasteiger partial charge in [-0.3, -0.25) is 4.79 Å². The fourth-order valence-corrected chi connectivity index (χ4v) is 1.90. The van der Waals surface area contributed by atoms with Crippen LogP contribution in [0, 0.1) is 5.41 Å². The lowest BCUT2D eigenvalue weighted by Crippen LogP contribution is -2.51. The zero-order valence-electron chi connectivity index (χ0n) is 12.1. The third-order valence-electron chi connectivity index (χ3n) is 3.73. The minimum atomic E-state index is -0.223. The van der Waals surface area contributed by atoms with Crippen LogP contribution in [0.15, 0.2) is 24.3 Å². The number of carbonyl (C=O) groups excluding carboxylic acids is 1. The van der Waals surface area contributed by atoms with Crippen LogP contribution in [0.25, 0.3) is 0 Å². The third kappa shape index (κ3) is 3.19. The Bertz CT molecular complexity index is 465. The van der Waals surface area contributed by atoms with Crippen molar-refractivity contribution in [1.82, 2.24) is 5.32 Å². The molecule has 0 spiro atoms. The van der Waals surface area contributed by atoms with Crippen LogP contribution < -0.4 is 16.0 Å². The molecule has 0 bridgehead atoms. The molecule has 0 aliphatic carbocycles. The normalized spacial score (nSPS) is 19.7. The van der Waals surface area contributed by atoms with Crippen molar-refractivity contribution in [1.29, 1.82) is 0 Å². The number of carbonyl (C=O) groups is 1. The number of nitrogens with one attached hydrogen (secondary N) is 3. The zero-order chi connectivity index (χ0) is 14.0. The van der Waals surface area contributed by atoms with E-state index >= 15 is 0 Å². The predicted molar refractivity (Wildman–Crippen MR) is 79.4 cm³/mol. The molecule has 19 heavy (non-hydrogen) atoms. The van der Waals surface area contributed by atoms with Crippen molar-refractivity contribution >= 4 is 17.3 Å². The maximum Gasteiger partial charge on any atom is 0.244 e. The first-order valence-corrected chi connectivity index (χ1v) is 6.78. The molecule has 1 heterocycles. The monoisotopic (exact) mass is 261 g/mol. The van der Waals surface area contributed by atoms with E-state index in [0.29, 0.717) is 6.54 Å². The molecule has 0 radical (unpaired) electrons. The average molecular weight is 261 g/mol.